The second-order valence-electron chi connectivity index (χ2n) is 5.06. The first kappa shape index (κ1) is 13.1. The molecule has 0 spiro atoms. The van der Waals surface area contributed by atoms with Crippen LogP contribution in [0.5, 0.6) is 0 Å². The molecule has 4 heteroatoms. The van der Waals surface area contributed by atoms with Gasteiger partial charge in [-0.25, -0.2) is 0 Å². The molecule has 1 aromatic heterocycles. The lowest BCUT2D eigenvalue weighted by Gasteiger charge is -2.30. The van der Waals surface area contributed by atoms with Crippen molar-refractivity contribution in [2.45, 2.75) is 25.3 Å². The summed E-state index contributed by atoms with van der Waals surface area (Å²) in [7, 11) is 0. The molecular formula is C15H17ClN2S. The van der Waals surface area contributed by atoms with Gasteiger partial charge in [0.05, 0.1) is 10.4 Å². The molecule has 2 nitrogen and oxygen atoms in total. The quantitative estimate of drug-likeness (QED) is 0.668. The summed E-state index contributed by atoms with van der Waals surface area (Å²) in [6.45, 7) is 0. The maximum atomic E-state index is 6.03. The zero-order valence-electron chi connectivity index (χ0n) is 10.6. The lowest BCUT2D eigenvalue weighted by molar-refractivity contribution is 0.333. The zero-order valence-corrected chi connectivity index (χ0v) is 12.2. The molecule has 100 valence electrons. The molecule has 1 aliphatic carbocycles. The smallest absolute Gasteiger partial charge is 0.0931 e. The Morgan fingerprint density at radius 1 is 1.21 bits per heavy atom. The van der Waals surface area contributed by atoms with Crippen LogP contribution in [-0.4, -0.2) is 0 Å². The molecule has 0 bridgehead atoms. The number of aryl methyl sites for hydroxylation is 1. The average Bonchev–Trinajstić information content (AvgIpc) is 2.86. The predicted molar refractivity (Wildman–Crippen MR) is 81.4 cm³/mol. The van der Waals surface area contributed by atoms with Crippen molar-refractivity contribution >= 4 is 22.9 Å². The number of benzene rings is 1. The molecule has 2 unspecified atom stereocenters. The molecule has 19 heavy (non-hydrogen) atoms. The molecule has 0 amide bonds. The van der Waals surface area contributed by atoms with Gasteiger partial charge in [0, 0.05) is 4.88 Å². The van der Waals surface area contributed by atoms with Crippen LogP contribution in [0.4, 0.5) is 0 Å². The summed E-state index contributed by atoms with van der Waals surface area (Å²) in [6, 6.07) is 12.9. The van der Waals surface area contributed by atoms with Gasteiger partial charge in [-0.05, 0) is 48.4 Å². The number of hydrogen-bond acceptors (Lipinski definition) is 3. The van der Waals surface area contributed by atoms with Gasteiger partial charge in [0.25, 0.3) is 0 Å². The van der Waals surface area contributed by atoms with Crippen LogP contribution in [0.2, 0.25) is 4.34 Å². The van der Waals surface area contributed by atoms with Gasteiger partial charge < -0.3 is 0 Å². The van der Waals surface area contributed by atoms with Crippen molar-refractivity contribution in [1.29, 1.82) is 0 Å². The molecule has 1 heterocycles. The highest BCUT2D eigenvalue weighted by Gasteiger charge is 2.27. The van der Waals surface area contributed by atoms with Crippen LogP contribution in [0.25, 0.3) is 0 Å². The van der Waals surface area contributed by atoms with E-state index < -0.39 is 0 Å². The minimum atomic E-state index is 0.200. The highest BCUT2D eigenvalue weighted by Crippen LogP contribution is 2.37. The number of fused-ring (bicyclic) bond motifs is 1. The Labute approximate surface area is 122 Å². The number of nitrogens with two attached hydrogens (primary N) is 1. The largest absolute Gasteiger partial charge is 0.271 e. The molecule has 2 atom stereocenters. The van der Waals surface area contributed by atoms with Crippen LogP contribution in [-0.2, 0) is 12.8 Å². The first-order valence-corrected chi connectivity index (χ1v) is 7.75. The van der Waals surface area contributed by atoms with E-state index in [0.29, 0.717) is 5.92 Å². The van der Waals surface area contributed by atoms with Crippen molar-refractivity contribution in [1.82, 2.24) is 5.43 Å². The van der Waals surface area contributed by atoms with Crippen molar-refractivity contribution in [3.8, 4) is 0 Å². The molecule has 0 radical (unpaired) electrons. The van der Waals surface area contributed by atoms with E-state index in [0.717, 1.165) is 17.2 Å². The fourth-order valence-corrected chi connectivity index (χ4v) is 4.17. The van der Waals surface area contributed by atoms with Crippen molar-refractivity contribution in [3.63, 3.8) is 0 Å². The van der Waals surface area contributed by atoms with Crippen LogP contribution < -0.4 is 11.3 Å². The average molecular weight is 293 g/mol. The third-order valence-electron chi connectivity index (χ3n) is 3.94. The number of hydrogen-bond donors (Lipinski definition) is 2. The summed E-state index contributed by atoms with van der Waals surface area (Å²) < 4.78 is 0.825. The lowest BCUT2D eigenvalue weighted by atomic mass is 9.80. The topological polar surface area (TPSA) is 38.0 Å². The molecule has 3 N–H and O–H groups in total. The van der Waals surface area contributed by atoms with Crippen molar-refractivity contribution in [2.75, 3.05) is 0 Å². The summed E-state index contributed by atoms with van der Waals surface area (Å²) in [4.78, 5) is 1.23. The Kier molecular flexibility index (Phi) is 3.89. The van der Waals surface area contributed by atoms with Gasteiger partial charge in [-0.2, -0.15) is 0 Å². The molecular weight excluding hydrogens is 276 g/mol. The van der Waals surface area contributed by atoms with Gasteiger partial charge in [0.15, 0.2) is 0 Å². The molecule has 2 aromatic rings. The summed E-state index contributed by atoms with van der Waals surface area (Å²) in [6.07, 6.45) is 3.39. The number of thiophene rings is 1. The molecule has 0 aliphatic heterocycles. The maximum absolute atomic E-state index is 6.03. The Morgan fingerprint density at radius 2 is 2.00 bits per heavy atom. The van der Waals surface area contributed by atoms with Gasteiger partial charge in [-0.3, -0.25) is 11.3 Å². The van der Waals surface area contributed by atoms with E-state index in [9.17, 15) is 0 Å². The van der Waals surface area contributed by atoms with E-state index in [1.807, 2.05) is 6.07 Å². The van der Waals surface area contributed by atoms with E-state index in [4.69, 9.17) is 17.4 Å². The van der Waals surface area contributed by atoms with E-state index in [1.165, 1.54) is 22.4 Å². The van der Waals surface area contributed by atoms with E-state index in [2.05, 4.69) is 35.8 Å². The highest BCUT2D eigenvalue weighted by atomic mass is 35.5. The van der Waals surface area contributed by atoms with Gasteiger partial charge in [0.1, 0.15) is 0 Å². The summed E-state index contributed by atoms with van der Waals surface area (Å²) >= 11 is 7.65. The second kappa shape index (κ2) is 5.63. The monoisotopic (exact) mass is 292 g/mol. The normalized spacial score (nSPS) is 20.0. The summed E-state index contributed by atoms with van der Waals surface area (Å²) in [5.74, 6) is 6.32. The Morgan fingerprint density at radius 3 is 2.68 bits per heavy atom. The van der Waals surface area contributed by atoms with Crippen LogP contribution in [0, 0.1) is 5.92 Å². The van der Waals surface area contributed by atoms with Crippen LogP contribution in [0.1, 0.15) is 28.5 Å². The Balaban J connectivity index is 1.83. The zero-order chi connectivity index (χ0) is 13.2. The molecule has 0 saturated heterocycles. The maximum Gasteiger partial charge on any atom is 0.0931 e. The number of hydrazine groups is 1. The Bertz CT molecular complexity index is 567. The third kappa shape index (κ3) is 2.70. The standard InChI is InChI=1S/C15H17ClN2S/c16-14-8-7-13(19-14)15(18-17)12-6-5-10-3-1-2-4-11(10)9-12/h1-4,7-8,12,15,18H,5-6,9,17H2. The number of nitrogens with one attached hydrogen (secondary N) is 1. The SMILES string of the molecule is NNC(c1ccc(Cl)s1)C1CCc2ccccc2C1. The fraction of sp³-hybridized carbons (Fsp3) is 0.333. The first-order chi connectivity index (χ1) is 9.28. The Hall–Kier alpha value is -0.870. The third-order valence-corrected chi connectivity index (χ3v) is 5.25. The summed E-state index contributed by atoms with van der Waals surface area (Å²) in [5.41, 5.74) is 5.93. The van der Waals surface area contributed by atoms with E-state index >= 15 is 0 Å². The van der Waals surface area contributed by atoms with Gasteiger partial charge in [0.2, 0.25) is 0 Å². The minimum Gasteiger partial charge on any atom is -0.271 e. The lowest BCUT2D eigenvalue weighted by Crippen LogP contribution is -2.35. The minimum absolute atomic E-state index is 0.200. The van der Waals surface area contributed by atoms with E-state index in [1.54, 1.807) is 11.3 Å². The highest BCUT2D eigenvalue weighted by molar-refractivity contribution is 7.16. The van der Waals surface area contributed by atoms with Gasteiger partial charge in [-0.1, -0.05) is 35.9 Å². The molecule has 1 aromatic carbocycles. The van der Waals surface area contributed by atoms with Gasteiger partial charge >= 0.3 is 0 Å². The van der Waals surface area contributed by atoms with Crippen molar-refractivity contribution in [3.05, 3.63) is 56.7 Å². The number of halogens is 1. The van der Waals surface area contributed by atoms with Crippen LogP contribution in [0.15, 0.2) is 36.4 Å². The predicted octanol–water partition coefficient (Wildman–Crippen LogP) is 3.71. The van der Waals surface area contributed by atoms with Crippen LogP contribution >= 0.6 is 22.9 Å². The molecule has 0 saturated carbocycles. The second-order valence-corrected chi connectivity index (χ2v) is 6.80. The van der Waals surface area contributed by atoms with E-state index in [-0.39, 0.29) is 6.04 Å². The van der Waals surface area contributed by atoms with Gasteiger partial charge in [-0.15, -0.1) is 11.3 Å². The summed E-state index contributed by atoms with van der Waals surface area (Å²) in [5, 5.41) is 0. The fourth-order valence-electron chi connectivity index (χ4n) is 2.96. The number of rotatable bonds is 3. The first-order valence-electron chi connectivity index (χ1n) is 6.56. The molecule has 0 fully saturated rings. The molecule has 1 aliphatic rings. The van der Waals surface area contributed by atoms with Crippen LogP contribution in [0.3, 0.4) is 0 Å². The molecule has 3 rings (SSSR count). The van der Waals surface area contributed by atoms with Crippen molar-refractivity contribution < 1.29 is 0 Å². The van der Waals surface area contributed by atoms with Crippen molar-refractivity contribution in [2.24, 2.45) is 11.8 Å².